The number of carbonyl (C=O) groups is 1. The van der Waals surface area contributed by atoms with E-state index in [2.05, 4.69) is 5.32 Å². The highest BCUT2D eigenvalue weighted by Gasteiger charge is 2.14. The number of aromatic nitrogens is 1. The van der Waals surface area contributed by atoms with E-state index < -0.39 is 0 Å². The Morgan fingerprint density at radius 3 is 2.50 bits per heavy atom. The van der Waals surface area contributed by atoms with Crippen LogP contribution in [0.4, 0.5) is 0 Å². The molecule has 1 N–H and O–H groups in total. The number of amides is 1. The number of nitrogens with zero attached hydrogens (tertiary/aromatic N) is 1. The maximum atomic E-state index is 12.1. The van der Waals surface area contributed by atoms with Gasteiger partial charge in [0.25, 0.3) is 5.91 Å². The van der Waals surface area contributed by atoms with Gasteiger partial charge in [0, 0.05) is 36.6 Å². The van der Waals surface area contributed by atoms with Gasteiger partial charge in [-0.25, -0.2) is 0 Å². The van der Waals surface area contributed by atoms with Crippen LogP contribution in [0, 0.1) is 0 Å². The van der Waals surface area contributed by atoms with E-state index in [4.69, 9.17) is 9.47 Å². The molecule has 2 heterocycles. The van der Waals surface area contributed by atoms with Gasteiger partial charge in [0.2, 0.25) is 0 Å². The van der Waals surface area contributed by atoms with E-state index in [0.717, 1.165) is 25.3 Å². The van der Waals surface area contributed by atoms with Crippen molar-refractivity contribution in [3.05, 3.63) is 54.4 Å². The van der Waals surface area contributed by atoms with Crippen LogP contribution < -0.4 is 5.32 Å². The van der Waals surface area contributed by atoms with E-state index in [9.17, 15) is 4.79 Å². The van der Waals surface area contributed by atoms with Gasteiger partial charge >= 0.3 is 0 Å². The molecule has 116 valence electrons. The molecule has 0 bridgehead atoms. The molecule has 0 saturated carbocycles. The molecular formula is C17H20N2O3. The fraction of sp³-hybridized carbons (Fsp3) is 0.353. The third-order valence-electron chi connectivity index (χ3n) is 3.59. The van der Waals surface area contributed by atoms with E-state index in [-0.39, 0.29) is 12.2 Å². The summed E-state index contributed by atoms with van der Waals surface area (Å²) in [4.78, 5) is 12.1. The average molecular weight is 300 g/mol. The highest BCUT2D eigenvalue weighted by molar-refractivity contribution is 5.94. The Morgan fingerprint density at radius 1 is 1.14 bits per heavy atom. The van der Waals surface area contributed by atoms with Gasteiger partial charge in [-0.1, -0.05) is 0 Å². The number of benzene rings is 1. The first-order valence-corrected chi connectivity index (χ1v) is 7.58. The molecule has 22 heavy (non-hydrogen) atoms. The Hall–Kier alpha value is -2.11. The van der Waals surface area contributed by atoms with Gasteiger partial charge in [0.05, 0.1) is 13.2 Å². The molecule has 0 radical (unpaired) electrons. The molecule has 1 aromatic heterocycles. The zero-order valence-electron chi connectivity index (χ0n) is 12.4. The predicted molar refractivity (Wildman–Crippen MR) is 83.0 cm³/mol. The Kier molecular flexibility index (Phi) is 4.88. The Labute approximate surface area is 129 Å². The summed E-state index contributed by atoms with van der Waals surface area (Å²) in [6.45, 7) is 2.02. The predicted octanol–water partition coefficient (Wildman–Crippen LogP) is 2.36. The molecule has 0 aliphatic carbocycles. The molecule has 1 aliphatic rings. The molecule has 0 unspecified atom stereocenters. The van der Waals surface area contributed by atoms with Crippen LogP contribution in [0.1, 0.15) is 23.2 Å². The quantitative estimate of drug-likeness (QED) is 0.922. The Balaban J connectivity index is 1.49. The van der Waals surface area contributed by atoms with E-state index in [1.54, 1.807) is 0 Å². The summed E-state index contributed by atoms with van der Waals surface area (Å²) in [5.41, 5.74) is 1.69. The second kappa shape index (κ2) is 7.24. The van der Waals surface area contributed by atoms with Gasteiger partial charge < -0.3 is 19.4 Å². The molecule has 1 fully saturated rings. The van der Waals surface area contributed by atoms with Crippen molar-refractivity contribution in [1.82, 2.24) is 9.88 Å². The Bertz CT molecular complexity index is 587. The zero-order valence-corrected chi connectivity index (χ0v) is 12.4. The lowest BCUT2D eigenvalue weighted by Crippen LogP contribution is -2.31. The lowest BCUT2D eigenvalue weighted by atomic mass is 10.2. The number of hydrogen-bond donors (Lipinski definition) is 1. The maximum absolute atomic E-state index is 12.1. The van der Waals surface area contributed by atoms with E-state index in [0.29, 0.717) is 18.5 Å². The molecule has 5 nitrogen and oxygen atoms in total. The maximum Gasteiger partial charge on any atom is 0.251 e. The van der Waals surface area contributed by atoms with Crippen LogP contribution in [0.2, 0.25) is 0 Å². The third kappa shape index (κ3) is 3.75. The van der Waals surface area contributed by atoms with Crippen molar-refractivity contribution < 1.29 is 14.3 Å². The number of carbonyl (C=O) groups excluding carboxylic acids is 1. The fourth-order valence-electron chi connectivity index (χ4n) is 2.40. The minimum atomic E-state index is -0.190. The normalized spacial score (nSPS) is 15.6. The number of nitrogens with one attached hydrogen (secondary N) is 1. The highest BCUT2D eigenvalue weighted by atomic mass is 16.7. The monoisotopic (exact) mass is 300 g/mol. The van der Waals surface area contributed by atoms with E-state index in [1.807, 2.05) is 53.4 Å². The molecule has 3 rings (SSSR count). The fourth-order valence-corrected chi connectivity index (χ4v) is 2.40. The second-order valence-corrected chi connectivity index (χ2v) is 5.21. The van der Waals surface area contributed by atoms with Crippen LogP contribution in [0.15, 0.2) is 48.8 Å². The highest BCUT2D eigenvalue weighted by Crippen LogP contribution is 2.11. The zero-order chi connectivity index (χ0) is 15.2. The van der Waals surface area contributed by atoms with Crippen molar-refractivity contribution in [1.29, 1.82) is 0 Å². The van der Waals surface area contributed by atoms with Crippen molar-refractivity contribution >= 4 is 5.91 Å². The van der Waals surface area contributed by atoms with Gasteiger partial charge in [-0.2, -0.15) is 0 Å². The van der Waals surface area contributed by atoms with Gasteiger partial charge in [-0.3, -0.25) is 4.79 Å². The standard InChI is InChI=1S/C17H20N2O3/c20-17(18-9-8-16-21-12-3-13-22-16)14-4-6-15(7-5-14)19-10-1-2-11-19/h1-2,4-7,10-11,16H,3,8-9,12-13H2,(H,18,20). The molecule has 1 saturated heterocycles. The topological polar surface area (TPSA) is 52.5 Å². The number of rotatable bonds is 5. The smallest absolute Gasteiger partial charge is 0.251 e. The van der Waals surface area contributed by atoms with Crippen LogP contribution in [0.5, 0.6) is 0 Å². The summed E-state index contributed by atoms with van der Waals surface area (Å²) in [6, 6.07) is 11.5. The lowest BCUT2D eigenvalue weighted by molar-refractivity contribution is -0.180. The molecule has 0 atom stereocenters. The molecular weight excluding hydrogens is 280 g/mol. The molecule has 2 aromatic rings. The lowest BCUT2D eigenvalue weighted by Gasteiger charge is -2.23. The summed E-state index contributed by atoms with van der Waals surface area (Å²) in [5, 5.41) is 2.89. The molecule has 1 amide bonds. The van der Waals surface area contributed by atoms with Crippen LogP contribution in [-0.2, 0) is 9.47 Å². The minimum absolute atomic E-state index is 0.0742. The van der Waals surface area contributed by atoms with Crippen LogP contribution in [0.3, 0.4) is 0 Å². The van der Waals surface area contributed by atoms with Crippen LogP contribution in [0.25, 0.3) is 5.69 Å². The van der Waals surface area contributed by atoms with E-state index >= 15 is 0 Å². The molecule has 0 spiro atoms. The second-order valence-electron chi connectivity index (χ2n) is 5.21. The minimum Gasteiger partial charge on any atom is -0.353 e. The van der Waals surface area contributed by atoms with Gasteiger partial charge in [-0.05, 0) is 42.8 Å². The summed E-state index contributed by atoms with van der Waals surface area (Å²) < 4.78 is 12.9. The van der Waals surface area contributed by atoms with Crippen molar-refractivity contribution in [3.63, 3.8) is 0 Å². The van der Waals surface area contributed by atoms with Crippen molar-refractivity contribution in [2.75, 3.05) is 19.8 Å². The first kappa shape index (κ1) is 14.8. The van der Waals surface area contributed by atoms with Crippen molar-refractivity contribution in [2.45, 2.75) is 19.1 Å². The molecule has 1 aliphatic heterocycles. The number of ether oxygens (including phenoxy) is 2. The van der Waals surface area contributed by atoms with Crippen molar-refractivity contribution in [3.8, 4) is 5.69 Å². The average Bonchev–Trinajstić information content (AvgIpc) is 3.10. The summed E-state index contributed by atoms with van der Waals surface area (Å²) >= 11 is 0. The first-order chi connectivity index (χ1) is 10.8. The molecule has 1 aromatic carbocycles. The van der Waals surface area contributed by atoms with Crippen LogP contribution >= 0.6 is 0 Å². The SMILES string of the molecule is O=C(NCCC1OCCCO1)c1ccc(-n2cccc2)cc1. The van der Waals surface area contributed by atoms with Crippen LogP contribution in [-0.4, -0.2) is 36.5 Å². The van der Waals surface area contributed by atoms with E-state index in [1.165, 1.54) is 0 Å². The third-order valence-corrected chi connectivity index (χ3v) is 3.59. The molecule has 5 heteroatoms. The first-order valence-electron chi connectivity index (χ1n) is 7.58. The Morgan fingerprint density at radius 2 is 1.82 bits per heavy atom. The summed E-state index contributed by atoms with van der Waals surface area (Å²) in [7, 11) is 0. The van der Waals surface area contributed by atoms with Crippen molar-refractivity contribution in [2.24, 2.45) is 0 Å². The van der Waals surface area contributed by atoms with Gasteiger partial charge in [0.15, 0.2) is 6.29 Å². The summed E-state index contributed by atoms with van der Waals surface area (Å²) in [5.74, 6) is -0.0742. The largest absolute Gasteiger partial charge is 0.353 e. The number of hydrogen-bond acceptors (Lipinski definition) is 3. The van der Waals surface area contributed by atoms with Gasteiger partial charge in [0.1, 0.15) is 0 Å². The van der Waals surface area contributed by atoms with Gasteiger partial charge in [-0.15, -0.1) is 0 Å². The summed E-state index contributed by atoms with van der Waals surface area (Å²) in [6.07, 6.45) is 5.37.